The van der Waals surface area contributed by atoms with Crippen molar-refractivity contribution in [3.8, 4) is 0 Å². The van der Waals surface area contributed by atoms with Crippen LogP contribution in [0.15, 0.2) is 60.7 Å². The molecule has 9 nitrogen and oxygen atoms in total. The summed E-state index contributed by atoms with van der Waals surface area (Å²) in [4.78, 5) is 35.7. The first-order valence-corrected chi connectivity index (χ1v) is 11.7. The molecule has 0 heterocycles. The average Bonchev–Trinajstić information content (AvgIpc) is 2.77. The molecule has 2 N–H and O–H groups in total. The van der Waals surface area contributed by atoms with E-state index >= 15 is 0 Å². The van der Waals surface area contributed by atoms with Crippen LogP contribution in [-0.4, -0.2) is 52.2 Å². The fourth-order valence-electron chi connectivity index (χ4n) is 2.71. The molecule has 1 amide bonds. The van der Waals surface area contributed by atoms with Gasteiger partial charge in [0.1, 0.15) is 6.16 Å². The van der Waals surface area contributed by atoms with E-state index in [-0.39, 0.29) is 39.1 Å². The highest BCUT2D eigenvalue weighted by Crippen LogP contribution is 2.49. The highest BCUT2D eigenvalue weighted by molar-refractivity contribution is 7.54. The zero-order valence-corrected chi connectivity index (χ0v) is 18.4. The number of carbonyl (C=O) groups excluding carboxylic acids is 1. The number of nitrogens with zero attached hydrogens (tertiary/aromatic N) is 1. The van der Waals surface area contributed by atoms with E-state index in [0.717, 1.165) is 16.0 Å². The molecule has 0 aliphatic rings. The first-order chi connectivity index (χ1) is 15.3. The fraction of sp³-hybridized carbons (Fsp3) is 0.318. The molecule has 0 bridgehead atoms. The first kappa shape index (κ1) is 25.3. The van der Waals surface area contributed by atoms with E-state index in [0.29, 0.717) is 0 Å². The van der Waals surface area contributed by atoms with Crippen LogP contribution < -0.4 is 0 Å². The van der Waals surface area contributed by atoms with Crippen LogP contribution in [0.3, 0.4) is 0 Å². The van der Waals surface area contributed by atoms with Gasteiger partial charge in [0.15, 0.2) is 0 Å². The quantitative estimate of drug-likeness (QED) is 0.408. The molecular formula is C22H26NO8P. The van der Waals surface area contributed by atoms with Gasteiger partial charge in [-0.25, -0.2) is 0 Å². The molecule has 2 rings (SSSR count). The van der Waals surface area contributed by atoms with Crippen molar-refractivity contribution in [2.75, 3.05) is 19.3 Å². The first-order valence-electron chi connectivity index (χ1n) is 9.95. The van der Waals surface area contributed by atoms with Gasteiger partial charge in [-0.1, -0.05) is 60.7 Å². The number of carboxylic acid groups (broad SMARTS) is 2. The van der Waals surface area contributed by atoms with Gasteiger partial charge < -0.3 is 24.2 Å². The molecule has 0 spiro atoms. The minimum atomic E-state index is -3.94. The molecular weight excluding hydrogens is 437 g/mol. The minimum absolute atomic E-state index is 0.0512. The fourth-order valence-corrected chi connectivity index (χ4v) is 4.19. The van der Waals surface area contributed by atoms with Crippen molar-refractivity contribution in [1.82, 2.24) is 4.90 Å². The molecule has 2 aromatic rings. The number of aliphatic carboxylic acids is 2. The summed E-state index contributed by atoms with van der Waals surface area (Å²) in [5.41, 5.74) is 1.47. The SMILES string of the molecule is O=C(O)CCN(CCC(=O)O)C(=O)CP(=O)(OCc1ccccc1)OCc1ccccc1. The van der Waals surface area contributed by atoms with Crippen LogP contribution in [0, 0.1) is 0 Å². The predicted molar refractivity (Wildman–Crippen MR) is 116 cm³/mol. The highest BCUT2D eigenvalue weighted by atomic mass is 31.2. The van der Waals surface area contributed by atoms with Crippen LogP contribution in [0.25, 0.3) is 0 Å². The molecule has 32 heavy (non-hydrogen) atoms. The Morgan fingerprint density at radius 3 is 1.53 bits per heavy atom. The van der Waals surface area contributed by atoms with E-state index in [2.05, 4.69) is 0 Å². The molecule has 0 saturated carbocycles. The molecule has 0 fully saturated rings. The maximum atomic E-state index is 13.4. The normalized spacial score (nSPS) is 11.1. The minimum Gasteiger partial charge on any atom is -0.481 e. The zero-order valence-electron chi connectivity index (χ0n) is 17.5. The number of amides is 1. The third kappa shape index (κ3) is 9.43. The molecule has 172 valence electrons. The molecule has 10 heteroatoms. The largest absolute Gasteiger partial charge is 0.481 e. The van der Waals surface area contributed by atoms with Gasteiger partial charge >= 0.3 is 19.5 Å². The molecule has 0 aliphatic heterocycles. The number of carboxylic acids is 2. The van der Waals surface area contributed by atoms with E-state index < -0.39 is 31.6 Å². The lowest BCUT2D eigenvalue weighted by Gasteiger charge is -2.24. The van der Waals surface area contributed by atoms with Gasteiger partial charge in [-0.05, 0) is 11.1 Å². The third-order valence-corrected chi connectivity index (χ3v) is 6.12. The smallest absolute Gasteiger partial charge is 0.340 e. The summed E-state index contributed by atoms with van der Waals surface area (Å²) in [5.74, 6) is -2.97. The van der Waals surface area contributed by atoms with Gasteiger partial charge in [-0.2, -0.15) is 0 Å². The zero-order chi connectivity index (χ0) is 23.4. The lowest BCUT2D eigenvalue weighted by Crippen LogP contribution is -2.37. The Morgan fingerprint density at radius 1 is 0.750 bits per heavy atom. The lowest BCUT2D eigenvalue weighted by molar-refractivity contribution is -0.138. The molecule has 2 aromatic carbocycles. The standard InChI is InChI=1S/C22H26NO8P/c24-20(23(13-11-21(25)26)14-12-22(27)28)17-32(29,30-15-18-7-3-1-4-8-18)31-16-19-9-5-2-6-10-19/h1-10H,11-17H2,(H,25,26)(H,27,28). The van der Waals surface area contributed by atoms with Crippen LogP contribution in [0.1, 0.15) is 24.0 Å². The second-order valence-corrected chi connectivity index (χ2v) is 9.01. The predicted octanol–water partition coefficient (Wildman–Crippen LogP) is 3.39. The second kappa shape index (κ2) is 12.8. The van der Waals surface area contributed by atoms with E-state index in [1.807, 2.05) is 12.1 Å². The molecule has 0 unspecified atom stereocenters. The van der Waals surface area contributed by atoms with Crippen molar-refractivity contribution in [2.24, 2.45) is 0 Å². The maximum Gasteiger partial charge on any atom is 0.340 e. The number of hydrogen-bond acceptors (Lipinski definition) is 6. The Bertz CT molecular complexity index is 870. The maximum absolute atomic E-state index is 13.4. The molecule has 0 radical (unpaired) electrons. The highest BCUT2D eigenvalue weighted by Gasteiger charge is 2.31. The average molecular weight is 463 g/mol. The van der Waals surface area contributed by atoms with Crippen LogP contribution in [0.2, 0.25) is 0 Å². The Kier molecular flexibility index (Phi) is 10.1. The summed E-state index contributed by atoms with van der Waals surface area (Å²) in [7, 11) is -3.94. The van der Waals surface area contributed by atoms with Gasteiger partial charge in [0.2, 0.25) is 5.91 Å². The topological polar surface area (TPSA) is 130 Å². The summed E-state index contributed by atoms with van der Waals surface area (Å²) < 4.78 is 24.6. The molecule has 0 atom stereocenters. The number of rotatable bonds is 14. The third-order valence-electron chi connectivity index (χ3n) is 4.41. The Morgan fingerprint density at radius 2 is 1.16 bits per heavy atom. The summed E-state index contributed by atoms with van der Waals surface area (Å²) >= 11 is 0. The van der Waals surface area contributed by atoms with Gasteiger partial charge in [-0.3, -0.25) is 18.9 Å². The van der Waals surface area contributed by atoms with Crippen molar-refractivity contribution in [1.29, 1.82) is 0 Å². The number of benzene rings is 2. The summed E-state index contributed by atoms with van der Waals surface area (Å²) in [6, 6.07) is 17.9. The molecule has 0 aliphatic carbocycles. The van der Waals surface area contributed by atoms with Gasteiger partial charge in [-0.15, -0.1) is 0 Å². The lowest BCUT2D eigenvalue weighted by atomic mass is 10.2. The second-order valence-electron chi connectivity index (χ2n) is 6.96. The summed E-state index contributed by atoms with van der Waals surface area (Å²) in [6.07, 6.45) is -1.37. The van der Waals surface area contributed by atoms with Gasteiger partial charge in [0, 0.05) is 13.1 Å². The van der Waals surface area contributed by atoms with Crippen molar-refractivity contribution < 1.29 is 38.2 Å². The summed E-state index contributed by atoms with van der Waals surface area (Å²) in [6.45, 7) is -0.521. The van der Waals surface area contributed by atoms with Crippen molar-refractivity contribution >= 4 is 25.4 Å². The molecule has 0 aromatic heterocycles. The van der Waals surface area contributed by atoms with Crippen LogP contribution in [-0.2, 0) is 41.2 Å². The van der Waals surface area contributed by atoms with Crippen LogP contribution in [0.4, 0.5) is 0 Å². The Hall–Kier alpha value is -3.00. The van der Waals surface area contributed by atoms with Gasteiger partial charge in [0.25, 0.3) is 0 Å². The van der Waals surface area contributed by atoms with E-state index in [1.165, 1.54) is 0 Å². The van der Waals surface area contributed by atoms with Gasteiger partial charge in [0.05, 0.1) is 26.1 Å². The van der Waals surface area contributed by atoms with E-state index in [4.69, 9.17) is 19.3 Å². The van der Waals surface area contributed by atoms with Crippen molar-refractivity contribution in [3.63, 3.8) is 0 Å². The Balaban J connectivity index is 2.13. The van der Waals surface area contributed by atoms with Crippen LogP contribution in [0.5, 0.6) is 0 Å². The summed E-state index contributed by atoms with van der Waals surface area (Å²) in [5, 5.41) is 17.8. The van der Waals surface area contributed by atoms with Crippen molar-refractivity contribution in [2.45, 2.75) is 26.1 Å². The van der Waals surface area contributed by atoms with E-state index in [9.17, 15) is 18.9 Å². The van der Waals surface area contributed by atoms with Crippen molar-refractivity contribution in [3.05, 3.63) is 71.8 Å². The molecule has 0 saturated heterocycles. The monoisotopic (exact) mass is 463 g/mol. The Labute approximate surface area is 186 Å². The van der Waals surface area contributed by atoms with Crippen LogP contribution >= 0.6 is 7.60 Å². The number of carbonyl (C=O) groups is 3. The van der Waals surface area contributed by atoms with E-state index in [1.54, 1.807) is 48.5 Å². The number of hydrogen-bond donors (Lipinski definition) is 2.